The molecule has 3 aromatic rings. The van der Waals surface area contributed by atoms with E-state index in [0.29, 0.717) is 36.8 Å². The molecule has 8 rings (SSSR count). The third kappa shape index (κ3) is 6.98. The van der Waals surface area contributed by atoms with Crippen LogP contribution < -0.4 is 15.4 Å². The zero-order valence-corrected chi connectivity index (χ0v) is 34.3. The average molecular weight is 791 g/mol. The molecule has 1 heterocycles. The first-order valence-electron chi connectivity index (χ1n) is 21.8. The van der Waals surface area contributed by atoms with Gasteiger partial charge < -0.3 is 40.9 Å². The standard InChI is InChI=1S/C49H62N2O7/c1-4-5-7-12-34-41(53)21-36(37-23-45(58-3)44(56)19-33(37)27-52)29(17-28-10-8-6-9-11-28)13-14-31-26-51-46-16-15-30-18-32(25-50-2)35-20-39(30)49(46,47(31)48(34)57)40-24-43(55)42(54)22-38(35)40/h6,8-11,19,22-24,29-32,34-36,39,46-48,50-52,54-57H,4-5,7,12,15-18,20-21,25-27H2,1-3H3. The summed E-state index contributed by atoms with van der Waals surface area (Å²) in [5.74, 6) is 6.52. The number of benzene rings is 3. The van der Waals surface area contributed by atoms with E-state index in [1.165, 1.54) is 13.2 Å². The van der Waals surface area contributed by atoms with E-state index in [0.717, 1.165) is 73.7 Å². The van der Waals surface area contributed by atoms with Crippen LogP contribution in [0.2, 0.25) is 0 Å². The number of carbonyl (C=O) groups is 1. The molecule has 12 atom stereocenters. The molecule has 1 spiro atoms. The van der Waals surface area contributed by atoms with Gasteiger partial charge in [-0.05, 0) is 128 Å². The summed E-state index contributed by atoms with van der Waals surface area (Å²) in [7, 11) is 3.50. The maximum atomic E-state index is 15.4. The molecule has 310 valence electrons. The minimum absolute atomic E-state index is 0.00900. The number of piperidine rings is 1. The number of rotatable bonds is 11. The highest BCUT2D eigenvalue weighted by Gasteiger charge is 2.67. The van der Waals surface area contributed by atoms with Gasteiger partial charge in [-0.25, -0.2) is 0 Å². The van der Waals surface area contributed by atoms with E-state index in [2.05, 4.69) is 41.5 Å². The summed E-state index contributed by atoms with van der Waals surface area (Å²) >= 11 is 0. The van der Waals surface area contributed by atoms with Gasteiger partial charge in [0.05, 0.1) is 19.8 Å². The third-order valence-corrected chi connectivity index (χ3v) is 15.3. The SMILES string of the molecule is CCCCCC1C(=O)CC(c2cc(OC)c(O)cc2CO)C(Cc2ccccc2)C#CC2CNC3CCC4CC(CNC)C5CC4C3(c3cc(O)c(O)cc35)C2C1O. The highest BCUT2D eigenvalue weighted by atomic mass is 16.5. The number of hydrogen-bond donors (Lipinski definition) is 7. The van der Waals surface area contributed by atoms with Crippen molar-refractivity contribution in [1.82, 2.24) is 10.6 Å². The summed E-state index contributed by atoms with van der Waals surface area (Å²) in [6, 6.07) is 17.1. The summed E-state index contributed by atoms with van der Waals surface area (Å²) in [5, 5.41) is 64.6. The largest absolute Gasteiger partial charge is 0.504 e. The number of ketones is 1. The van der Waals surface area contributed by atoms with Gasteiger partial charge in [-0.1, -0.05) is 68.4 Å². The molecule has 3 fully saturated rings. The van der Waals surface area contributed by atoms with Gasteiger partial charge in [-0.15, -0.1) is 0 Å². The first kappa shape index (κ1) is 40.7. The number of hydrogen-bond acceptors (Lipinski definition) is 9. The van der Waals surface area contributed by atoms with Gasteiger partial charge in [0.2, 0.25) is 0 Å². The Balaban J connectivity index is 1.35. The number of aromatic hydroxyl groups is 3. The molecule has 0 amide bonds. The summed E-state index contributed by atoms with van der Waals surface area (Å²) in [6.45, 7) is 3.25. The summed E-state index contributed by atoms with van der Waals surface area (Å²) < 4.78 is 5.58. The fraction of sp³-hybridized carbons (Fsp3) is 0.571. The molecule has 2 saturated carbocycles. The van der Waals surface area contributed by atoms with Crippen LogP contribution in [-0.4, -0.2) is 70.7 Å². The number of unbranched alkanes of at least 4 members (excludes halogenated alkanes) is 2. The minimum atomic E-state index is -1.000. The van der Waals surface area contributed by atoms with E-state index in [1.54, 1.807) is 18.2 Å². The second kappa shape index (κ2) is 16.9. The van der Waals surface area contributed by atoms with Crippen molar-refractivity contribution in [2.24, 2.45) is 41.4 Å². The quantitative estimate of drug-likeness (QED) is 0.0642. The maximum Gasteiger partial charge on any atom is 0.160 e. The van der Waals surface area contributed by atoms with Crippen molar-refractivity contribution in [3.05, 3.63) is 82.4 Å². The number of aliphatic hydroxyl groups excluding tert-OH is 2. The summed E-state index contributed by atoms with van der Waals surface area (Å²) in [5.41, 5.74) is 3.78. The molecule has 58 heavy (non-hydrogen) atoms. The first-order valence-corrected chi connectivity index (χ1v) is 21.8. The molecule has 2 bridgehead atoms. The number of ether oxygens (including phenoxy) is 1. The smallest absolute Gasteiger partial charge is 0.160 e. The number of nitrogens with one attached hydrogen (secondary N) is 2. The molecule has 1 saturated heterocycles. The number of Topliss-reactive ketones (excluding diaryl/α,β-unsaturated/α-hetero) is 1. The number of aliphatic hydroxyl groups is 2. The lowest BCUT2D eigenvalue weighted by molar-refractivity contribution is -0.140. The molecule has 3 aromatic carbocycles. The van der Waals surface area contributed by atoms with Crippen molar-refractivity contribution in [2.75, 3.05) is 27.2 Å². The third-order valence-electron chi connectivity index (χ3n) is 15.3. The highest BCUT2D eigenvalue weighted by Crippen LogP contribution is 2.67. The van der Waals surface area contributed by atoms with Crippen molar-refractivity contribution >= 4 is 5.78 Å². The Hall–Kier alpha value is -4.07. The molecular formula is C49H62N2O7. The zero-order chi connectivity index (χ0) is 40.7. The van der Waals surface area contributed by atoms with Crippen molar-refractivity contribution < 1.29 is 35.1 Å². The van der Waals surface area contributed by atoms with E-state index in [4.69, 9.17) is 4.74 Å². The monoisotopic (exact) mass is 790 g/mol. The zero-order valence-electron chi connectivity index (χ0n) is 34.3. The van der Waals surface area contributed by atoms with Crippen molar-refractivity contribution in [3.63, 3.8) is 0 Å². The van der Waals surface area contributed by atoms with Crippen LogP contribution in [0.4, 0.5) is 0 Å². The molecule has 1 aliphatic heterocycles. The Labute approximate surface area is 343 Å². The minimum Gasteiger partial charge on any atom is -0.504 e. The molecule has 9 heteroatoms. The number of carbonyl (C=O) groups excluding carboxylic acids is 1. The second-order valence-electron chi connectivity index (χ2n) is 18.1. The molecule has 12 unspecified atom stereocenters. The van der Waals surface area contributed by atoms with Crippen LogP contribution in [-0.2, 0) is 23.2 Å². The molecular weight excluding hydrogens is 729 g/mol. The predicted molar refractivity (Wildman–Crippen MR) is 224 cm³/mol. The van der Waals surface area contributed by atoms with Crippen LogP contribution in [0.25, 0.3) is 0 Å². The van der Waals surface area contributed by atoms with E-state index >= 15 is 4.79 Å². The van der Waals surface area contributed by atoms with Gasteiger partial charge >= 0.3 is 0 Å². The van der Waals surface area contributed by atoms with E-state index in [1.807, 2.05) is 25.2 Å². The molecule has 7 N–H and O–H groups in total. The van der Waals surface area contributed by atoms with Crippen LogP contribution in [0.1, 0.15) is 104 Å². The molecule has 9 nitrogen and oxygen atoms in total. The lowest BCUT2D eigenvalue weighted by Gasteiger charge is -2.67. The van der Waals surface area contributed by atoms with Crippen molar-refractivity contribution in [2.45, 2.75) is 107 Å². The molecule has 4 aliphatic carbocycles. The molecule has 5 aliphatic rings. The van der Waals surface area contributed by atoms with Gasteiger partial charge in [-0.2, -0.15) is 0 Å². The fourth-order valence-electron chi connectivity index (χ4n) is 12.9. The van der Waals surface area contributed by atoms with Gasteiger partial charge in [0.25, 0.3) is 0 Å². The van der Waals surface area contributed by atoms with Crippen molar-refractivity contribution in [1.29, 1.82) is 0 Å². The summed E-state index contributed by atoms with van der Waals surface area (Å²) in [4.78, 5) is 15.4. The molecule has 0 aromatic heterocycles. The highest BCUT2D eigenvalue weighted by molar-refractivity contribution is 5.83. The average Bonchev–Trinajstić information content (AvgIpc) is 3.23. The van der Waals surface area contributed by atoms with Crippen LogP contribution in [0, 0.1) is 53.3 Å². The number of phenols is 3. The Bertz CT molecular complexity index is 2030. The van der Waals surface area contributed by atoms with E-state index in [-0.39, 0.29) is 71.5 Å². The van der Waals surface area contributed by atoms with Gasteiger partial charge in [-0.3, -0.25) is 4.79 Å². The van der Waals surface area contributed by atoms with Gasteiger partial charge in [0.1, 0.15) is 5.78 Å². The Morgan fingerprint density at radius 1 is 0.948 bits per heavy atom. The van der Waals surface area contributed by atoms with Gasteiger partial charge in [0.15, 0.2) is 23.0 Å². The normalized spacial score (nSPS) is 33.8. The van der Waals surface area contributed by atoms with Crippen LogP contribution in [0.3, 0.4) is 0 Å². The number of methoxy groups -OCH3 is 1. The maximum absolute atomic E-state index is 15.4. The van der Waals surface area contributed by atoms with Crippen molar-refractivity contribution in [3.8, 4) is 34.8 Å². The Kier molecular flexibility index (Phi) is 11.9. The fourth-order valence-corrected chi connectivity index (χ4v) is 12.9. The van der Waals surface area contributed by atoms with E-state index < -0.39 is 29.3 Å². The van der Waals surface area contributed by atoms with Crippen LogP contribution in [0.5, 0.6) is 23.0 Å². The van der Waals surface area contributed by atoms with E-state index in [9.17, 15) is 25.5 Å². The predicted octanol–water partition coefficient (Wildman–Crippen LogP) is 6.68. The first-order chi connectivity index (χ1) is 28.1. The topological polar surface area (TPSA) is 152 Å². The van der Waals surface area contributed by atoms with Crippen LogP contribution >= 0.6 is 0 Å². The molecule has 0 radical (unpaired) electrons. The Morgan fingerprint density at radius 2 is 1.74 bits per heavy atom. The lowest BCUT2D eigenvalue weighted by Crippen LogP contribution is -2.72. The van der Waals surface area contributed by atoms with Gasteiger partial charge in [0, 0.05) is 54.0 Å². The number of fused-ring (bicyclic) bond motifs is 4. The van der Waals surface area contributed by atoms with Crippen LogP contribution in [0.15, 0.2) is 54.6 Å². The second-order valence-corrected chi connectivity index (χ2v) is 18.1. The lowest BCUT2D eigenvalue weighted by atomic mass is 9.39. The Morgan fingerprint density at radius 3 is 2.48 bits per heavy atom. The summed E-state index contributed by atoms with van der Waals surface area (Å²) in [6.07, 6.45) is 6.93. The number of phenolic OH excluding ortho intramolecular Hbond substituents is 3.